The van der Waals surface area contributed by atoms with Gasteiger partial charge in [0.15, 0.2) is 5.65 Å². The minimum atomic E-state index is -4.03. The van der Waals surface area contributed by atoms with Crippen LogP contribution in [-0.2, 0) is 14.9 Å². The predicted octanol–water partition coefficient (Wildman–Crippen LogP) is 3.05. The van der Waals surface area contributed by atoms with Gasteiger partial charge in [0.25, 0.3) is 5.91 Å². The van der Waals surface area contributed by atoms with Gasteiger partial charge >= 0.3 is 10.2 Å². The van der Waals surface area contributed by atoms with Crippen LogP contribution in [-0.4, -0.2) is 97.8 Å². The molecule has 1 N–H and O–H groups in total. The molecule has 11 nitrogen and oxygen atoms in total. The topological polar surface area (TPSA) is 113 Å². The summed E-state index contributed by atoms with van der Waals surface area (Å²) in [6, 6.07) is 8.16. The summed E-state index contributed by atoms with van der Waals surface area (Å²) in [4.78, 5) is 22.8. The van der Waals surface area contributed by atoms with E-state index >= 15 is 0 Å². The Morgan fingerprint density at radius 2 is 1.79 bits per heavy atom. The highest BCUT2D eigenvalue weighted by Gasteiger charge is 2.34. The number of hydrogen-bond acceptors (Lipinski definition) is 8. The van der Waals surface area contributed by atoms with Crippen molar-refractivity contribution in [3.63, 3.8) is 0 Å². The third-order valence-corrected chi connectivity index (χ3v) is 10.4. The zero-order valence-corrected chi connectivity index (χ0v) is 25.1. The summed E-state index contributed by atoms with van der Waals surface area (Å²) in [6.07, 6.45) is 6.38. The lowest BCUT2D eigenvalue weighted by Crippen LogP contribution is -2.44. The molecule has 2 saturated heterocycles. The van der Waals surface area contributed by atoms with Crippen LogP contribution in [0.5, 0.6) is 0 Å². The second-order valence-corrected chi connectivity index (χ2v) is 13.6. The van der Waals surface area contributed by atoms with Gasteiger partial charge < -0.3 is 9.64 Å². The molecule has 3 aliphatic rings. The first kappa shape index (κ1) is 29.0. The zero-order chi connectivity index (χ0) is 29.6. The number of carbonyl (C=O) groups is 1. The highest BCUT2D eigenvalue weighted by Crippen LogP contribution is 2.43. The Kier molecular flexibility index (Phi) is 7.94. The minimum absolute atomic E-state index is 0.0176. The lowest BCUT2D eigenvalue weighted by atomic mass is 9.82. The number of aromatic nitrogens is 3. The van der Waals surface area contributed by atoms with Crippen molar-refractivity contribution in [2.75, 3.05) is 52.3 Å². The summed E-state index contributed by atoms with van der Waals surface area (Å²) < 4.78 is 49.2. The number of rotatable bonds is 8. The number of piperidine rings is 1. The van der Waals surface area contributed by atoms with E-state index in [1.165, 1.54) is 26.2 Å². The monoisotopic (exact) mass is 599 g/mol. The maximum atomic E-state index is 13.8. The van der Waals surface area contributed by atoms with Gasteiger partial charge in [0.1, 0.15) is 11.5 Å². The summed E-state index contributed by atoms with van der Waals surface area (Å²) in [6.45, 7) is 3.53. The van der Waals surface area contributed by atoms with Crippen LogP contribution in [0.15, 0.2) is 30.3 Å². The Hall–Kier alpha value is -3.13. The number of amides is 1. The minimum Gasteiger partial charge on any atom is -0.380 e. The van der Waals surface area contributed by atoms with Crippen LogP contribution in [0.25, 0.3) is 16.7 Å². The highest BCUT2D eigenvalue weighted by atomic mass is 32.2. The first-order valence-electron chi connectivity index (χ1n) is 14.6. The van der Waals surface area contributed by atoms with E-state index in [2.05, 4.69) is 14.5 Å². The number of pyridine rings is 1. The van der Waals surface area contributed by atoms with Crippen LogP contribution in [0.4, 0.5) is 10.1 Å². The molecule has 2 aromatic heterocycles. The van der Waals surface area contributed by atoms with E-state index in [4.69, 9.17) is 14.8 Å². The van der Waals surface area contributed by atoms with Crippen LogP contribution in [0.3, 0.4) is 0 Å². The Morgan fingerprint density at radius 3 is 2.38 bits per heavy atom. The third-order valence-electron chi connectivity index (χ3n) is 8.97. The quantitative estimate of drug-likeness (QED) is 0.421. The van der Waals surface area contributed by atoms with Gasteiger partial charge in [0, 0.05) is 59.3 Å². The molecule has 3 aromatic rings. The summed E-state index contributed by atoms with van der Waals surface area (Å²) in [5, 5.41) is 5.86. The molecule has 1 unspecified atom stereocenters. The van der Waals surface area contributed by atoms with E-state index in [1.807, 2.05) is 0 Å². The third kappa shape index (κ3) is 5.50. The molecule has 1 atom stereocenters. The molecule has 6 rings (SSSR count). The SMILES string of the molecule is COC1CCN(C2CCN(c3cc(C(=O)NS(=O)(=O)N(C)C)nc4c3c(C3CCC3)nn4-c3ccc(F)cc3)CC2)C1. The van der Waals surface area contributed by atoms with Crippen molar-refractivity contribution in [3.8, 4) is 5.69 Å². The molecule has 42 heavy (non-hydrogen) atoms. The molecular formula is C29H38FN7O4S. The summed E-state index contributed by atoms with van der Waals surface area (Å²) in [5.41, 5.74) is 2.80. The fourth-order valence-electron chi connectivity index (χ4n) is 6.23. The number of ether oxygens (including phenoxy) is 1. The molecular weight excluding hydrogens is 561 g/mol. The van der Waals surface area contributed by atoms with E-state index in [0.717, 1.165) is 85.8 Å². The highest BCUT2D eigenvalue weighted by molar-refractivity contribution is 7.87. The van der Waals surface area contributed by atoms with Gasteiger partial charge in [-0.3, -0.25) is 9.69 Å². The molecule has 1 aromatic carbocycles. The van der Waals surface area contributed by atoms with Crippen molar-refractivity contribution in [2.45, 2.75) is 56.6 Å². The smallest absolute Gasteiger partial charge is 0.303 e. The van der Waals surface area contributed by atoms with Crippen LogP contribution in [0.2, 0.25) is 0 Å². The Morgan fingerprint density at radius 1 is 1.07 bits per heavy atom. The van der Waals surface area contributed by atoms with E-state index in [1.54, 1.807) is 30.0 Å². The number of methoxy groups -OCH3 is 1. The van der Waals surface area contributed by atoms with Crippen LogP contribution < -0.4 is 9.62 Å². The number of benzene rings is 1. The first-order chi connectivity index (χ1) is 20.1. The van der Waals surface area contributed by atoms with Crippen LogP contribution >= 0.6 is 0 Å². The molecule has 1 aliphatic carbocycles. The van der Waals surface area contributed by atoms with Crippen LogP contribution in [0, 0.1) is 5.82 Å². The lowest BCUT2D eigenvalue weighted by Gasteiger charge is -2.38. The molecule has 3 fully saturated rings. The number of nitrogens with one attached hydrogen (secondary N) is 1. The fraction of sp³-hybridized carbons (Fsp3) is 0.552. The van der Waals surface area contributed by atoms with Gasteiger partial charge in [-0.15, -0.1) is 0 Å². The molecule has 4 heterocycles. The maximum absolute atomic E-state index is 13.8. The lowest BCUT2D eigenvalue weighted by molar-refractivity contribution is 0.0974. The average Bonchev–Trinajstić information content (AvgIpc) is 3.57. The number of nitrogens with zero attached hydrogens (tertiary/aromatic N) is 6. The summed E-state index contributed by atoms with van der Waals surface area (Å²) >= 11 is 0. The van der Waals surface area contributed by atoms with Gasteiger partial charge in [-0.05, 0) is 62.4 Å². The number of fused-ring (bicyclic) bond motifs is 1. The number of carbonyl (C=O) groups excluding carboxylic acids is 1. The standard InChI is InChI=1S/C29H38FN7O4S/c1-34(2)42(39,40)33-29(38)24-17-25(35-14-11-21(12-15-35)36-16-13-23(18-36)41-3)26-27(19-5-4-6-19)32-37(28(26)31-24)22-9-7-20(30)8-10-22/h7-10,17,19,21,23H,4-6,11-16,18H2,1-3H3,(H,33,38). The zero-order valence-electron chi connectivity index (χ0n) is 24.3. The predicted molar refractivity (Wildman–Crippen MR) is 158 cm³/mol. The van der Waals surface area contributed by atoms with Crippen molar-refractivity contribution in [1.29, 1.82) is 0 Å². The van der Waals surface area contributed by atoms with Gasteiger partial charge in [-0.2, -0.15) is 17.8 Å². The molecule has 0 bridgehead atoms. The maximum Gasteiger partial charge on any atom is 0.303 e. The van der Waals surface area contributed by atoms with E-state index in [-0.39, 0.29) is 23.5 Å². The van der Waals surface area contributed by atoms with Gasteiger partial charge in [0.2, 0.25) is 0 Å². The van der Waals surface area contributed by atoms with E-state index < -0.39 is 16.1 Å². The molecule has 0 radical (unpaired) electrons. The molecule has 0 spiro atoms. The number of halogens is 1. The van der Waals surface area contributed by atoms with Crippen molar-refractivity contribution >= 4 is 32.8 Å². The number of hydrogen-bond donors (Lipinski definition) is 1. The summed E-state index contributed by atoms with van der Waals surface area (Å²) in [7, 11) is 0.448. The Balaban J connectivity index is 1.42. The largest absolute Gasteiger partial charge is 0.380 e. The van der Waals surface area contributed by atoms with Gasteiger partial charge in [-0.25, -0.2) is 18.8 Å². The van der Waals surface area contributed by atoms with Crippen molar-refractivity contribution < 1.29 is 22.3 Å². The molecule has 226 valence electrons. The van der Waals surface area contributed by atoms with Crippen molar-refractivity contribution in [2.24, 2.45) is 0 Å². The Labute approximate surface area is 245 Å². The molecule has 13 heteroatoms. The van der Waals surface area contributed by atoms with Gasteiger partial charge in [0.05, 0.1) is 28.6 Å². The first-order valence-corrected chi connectivity index (χ1v) is 16.0. The van der Waals surface area contributed by atoms with Crippen molar-refractivity contribution in [3.05, 3.63) is 47.5 Å². The average molecular weight is 600 g/mol. The number of anilines is 1. The Bertz CT molecular complexity index is 1560. The normalized spacial score (nSPS) is 20.9. The molecule has 1 saturated carbocycles. The fourth-order valence-corrected chi connectivity index (χ4v) is 6.75. The van der Waals surface area contributed by atoms with Gasteiger partial charge in [-0.1, -0.05) is 6.42 Å². The summed E-state index contributed by atoms with van der Waals surface area (Å²) in [5.74, 6) is -0.923. The van der Waals surface area contributed by atoms with E-state index in [0.29, 0.717) is 17.4 Å². The number of likely N-dealkylation sites (tertiary alicyclic amines) is 1. The molecule has 1 amide bonds. The van der Waals surface area contributed by atoms with Crippen molar-refractivity contribution in [1.82, 2.24) is 28.7 Å². The second kappa shape index (κ2) is 11.5. The van der Waals surface area contributed by atoms with Crippen LogP contribution in [0.1, 0.15) is 60.6 Å². The second-order valence-electron chi connectivity index (χ2n) is 11.7. The molecule has 2 aliphatic heterocycles. The van der Waals surface area contributed by atoms with E-state index in [9.17, 15) is 17.6 Å².